The molecule has 9 atom stereocenters. The highest BCUT2D eigenvalue weighted by atomic mass is 16.7. The molecule has 13 nitrogen and oxygen atoms in total. The molecule has 0 aromatic heterocycles. The fourth-order valence-corrected chi connectivity index (χ4v) is 7.18. The van der Waals surface area contributed by atoms with Crippen LogP contribution in [0, 0.1) is 5.41 Å². The van der Waals surface area contributed by atoms with Crippen molar-refractivity contribution in [3.8, 4) is 0 Å². The van der Waals surface area contributed by atoms with Crippen molar-refractivity contribution in [3.05, 3.63) is 23.8 Å². The first-order chi connectivity index (χ1) is 23.8. The molecule has 50 heavy (non-hydrogen) atoms. The lowest BCUT2D eigenvalue weighted by atomic mass is 9.74. The van der Waals surface area contributed by atoms with Crippen molar-refractivity contribution in [2.45, 2.75) is 165 Å². The summed E-state index contributed by atoms with van der Waals surface area (Å²) in [6.07, 6.45) is 6.61. The highest BCUT2D eigenvalue weighted by molar-refractivity contribution is 5.83. The van der Waals surface area contributed by atoms with Gasteiger partial charge in [0.1, 0.15) is 6.10 Å². The lowest BCUT2D eigenvalue weighted by molar-refractivity contribution is -0.327. The number of carbonyl (C=O) groups excluding carboxylic acids is 3. The Morgan fingerprint density at radius 2 is 1.74 bits per heavy atom. The van der Waals surface area contributed by atoms with Crippen LogP contribution in [0.1, 0.15) is 111 Å². The second-order valence-electron chi connectivity index (χ2n) is 14.6. The highest BCUT2D eigenvalue weighted by Gasteiger charge is 2.57. The van der Waals surface area contributed by atoms with E-state index in [0.29, 0.717) is 19.4 Å². The average Bonchev–Trinajstić information content (AvgIpc) is 3.51. The van der Waals surface area contributed by atoms with Crippen LogP contribution in [-0.4, -0.2) is 108 Å². The van der Waals surface area contributed by atoms with Gasteiger partial charge in [-0.3, -0.25) is 9.59 Å². The van der Waals surface area contributed by atoms with Gasteiger partial charge in [0, 0.05) is 37.2 Å². The van der Waals surface area contributed by atoms with Crippen LogP contribution in [-0.2, 0) is 47.5 Å². The zero-order chi connectivity index (χ0) is 36.3. The predicted molar refractivity (Wildman–Crippen MR) is 179 cm³/mol. The highest BCUT2D eigenvalue weighted by Crippen LogP contribution is 2.47. The second-order valence-corrected chi connectivity index (χ2v) is 14.6. The summed E-state index contributed by atoms with van der Waals surface area (Å²) < 4.78 is 41.2. The van der Waals surface area contributed by atoms with E-state index in [0.717, 1.165) is 44.9 Å². The van der Waals surface area contributed by atoms with Crippen LogP contribution in [0.4, 0.5) is 0 Å². The summed E-state index contributed by atoms with van der Waals surface area (Å²) in [5.41, 5.74) is -1.04. The number of carbonyl (C=O) groups is 3. The minimum atomic E-state index is -2.24. The lowest BCUT2D eigenvalue weighted by Gasteiger charge is -2.51. The summed E-state index contributed by atoms with van der Waals surface area (Å²) in [7, 11) is 1.22. The number of hydrogen-bond donors (Lipinski definition) is 3. The normalized spacial score (nSPS) is 36.6. The molecule has 3 N–H and O–H groups in total. The van der Waals surface area contributed by atoms with Gasteiger partial charge in [0.25, 0.3) is 0 Å². The minimum Gasteiger partial charge on any atom is -0.466 e. The molecular weight excluding hydrogens is 652 g/mol. The molecular formula is C37H58O13. The van der Waals surface area contributed by atoms with E-state index < -0.39 is 66.4 Å². The fraction of sp³-hybridized carbons (Fsp3) is 0.811. The Labute approximate surface area is 295 Å². The SMILES string of the molecule is CCCCCCCC(=O)O[C@H]1/C(=C/C(=O)OC)C[C@H]2CC(CO)OC(=O)C[C@H](O)C[C@@H]3CCC[C@H](CC4CO[C@H](/C=C/C(C)(C)[C@]1(O)O2)O4)O3. The molecule has 4 aliphatic rings. The molecule has 0 aromatic carbocycles. The maximum atomic E-state index is 13.2. The summed E-state index contributed by atoms with van der Waals surface area (Å²) >= 11 is 0. The second kappa shape index (κ2) is 18.9. The van der Waals surface area contributed by atoms with Crippen molar-refractivity contribution >= 4 is 17.9 Å². The third kappa shape index (κ3) is 11.3. The molecule has 4 rings (SSSR count). The van der Waals surface area contributed by atoms with E-state index >= 15 is 0 Å². The molecule has 0 aromatic rings. The van der Waals surface area contributed by atoms with Gasteiger partial charge in [-0.2, -0.15) is 0 Å². The van der Waals surface area contributed by atoms with Gasteiger partial charge < -0.3 is 48.5 Å². The molecule has 4 aliphatic heterocycles. The molecule has 0 amide bonds. The number of unbranched alkanes of at least 4 members (excludes halogenated alkanes) is 4. The van der Waals surface area contributed by atoms with Crippen molar-refractivity contribution < 1.29 is 62.9 Å². The Morgan fingerprint density at radius 1 is 1.00 bits per heavy atom. The summed E-state index contributed by atoms with van der Waals surface area (Å²) in [6.45, 7) is 5.29. The summed E-state index contributed by atoms with van der Waals surface area (Å²) in [4.78, 5) is 38.8. The number of aliphatic hydroxyl groups is 3. The number of hydrogen-bond acceptors (Lipinski definition) is 13. The summed E-state index contributed by atoms with van der Waals surface area (Å²) in [5, 5.41) is 33.5. The number of esters is 3. The third-order valence-corrected chi connectivity index (χ3v) is 10.0. The number of aliphatic hydroxyl groups excluding tert-OH is 2. The molecule has 0 aliphatic carbocycles. The van der Waals surface area contributed by atoms with E-state index in [2.05, 4.69) is 6.92 Å². The number of rotatable bonds is 9. The van der Waals surface area contributed by atoms with Crippen molar-refractivity contribution in [3.63, 3.8) is 0 Å². The number of fused-ring (bicyclic) bond motifs is 6. The smallest absolute Gasteiger partial charge is 0.330 e. The third-order valence-electron chi connectivity index (χ3n) is 10.0. The molecule has 0 radical (unpaired) electrons. The number of ether oxygens (including phenoxy) is 7. The minimum absolute atomic E-state index is 0.000953. The van der Waals surface area contributed by atoms with Crippen LogP contribution < -0.4 is 0 Å². The van der Waals surface area contributed by atoms with Crippen LogP contribution in [0.5, 0.6) is 0 Å². The van der Waals surface area contributed by atoms with Crippen LogP contribution in [0.3, 0.4) is 0 Å². The Hall–Kier alpha value is -2.39. The first-order valence-corrected chi connectivity index (χ1v) is 18.3. The van der Waals surface area contributed by atoms with Crippen molar-refractivity contribution in [1.82, 2.24) is 0 Å². The standard InChI is InChI=1S/C37H58O13/c1-5-6-7-8-9-13-31(40)49-35-24(17-32(41)44-4)16-28-21-29(22-38)47-33(42)19-25(39)18-26-11-10-12-27(46-26)20-30-23-45-34(48-30)14-15-36(2,3)37(35,43)50-28/h14-15,17,25-30,34-35,38-39,43H,5-13,16,18-23H2,1-4H3/b15-14+,24-17+/t25-,26+,27-,28+,29?,30?,34+,35+,37-/m1/s1. The quantitative estimate of drug-likeness (QED) is 0.103. The van der Waals surface area contributed by atoms with Gasteiger partial charge in [0.05, 0.1) is 57.3 Å². The summed E-state index contributed by atoms with van der Waals surface area (Å²) in [6, 6.07) is 0. The molecule has 0 saturated carbocycles. The van der Waals surface area contributed by atoms with Gasteiger partial charge in [0.2, 0.25) is 5.79 Å². The number of methoxy groups -OCH3 is 1. The van der Waals surface area contributed by atoms with Crippen LogP contribution in [0.2, 0.25) is 0 Å². The molecule has 284 valence electrons. The predicted octanol–water partition coefficient (Wildman–Crippen LogP) is 3.94. The van der Waals surface area contributed by atoms with E-state index in [-0.39, 0.29) is 56.0 Å². The molecule has 2 unspecified atom stereocenters. The van der Waals surface area contributed by atoms with E-state index in [4.69, 9.17) is 33.2 Å². The van der Waals surface area contributed by atoms with Gasteiger partial charge in [-0.25, -0.2) is 4.79 Å². The van der Waals surface area contributed by atoms with Crippen LogP contribution in [0.15, 0.2) is 23.8 Å². The van der Waals surface area contributed by atoms with Gasteiger partial charge >= 0.3 is 17.9 Å². The van der Waals surface area contributed by atoms with Gasteiger partial charge in [0.15, 0.2) is 12.4 Å². The molecule has 4 heterocycles. The Morgan fingerprint density at radius 3 is 2.46 bits per heavy atom. The van der Waals surface area contributed by atoms with Crippen molar-refractivity contribution in [1.29, 1.82) is 0 Å². The van der Waals surface area contributed by atoms with Crippen molar-refractivity contribution in [2.75, 3.05) is 20.3 Å². The Kier molecular flexibility index (Phi) is 15.3. The number of cyclic esters (lactones) is 1. The Balaban J connectivity index is 1.66. The molecule has 6 bridgehead atoms. The zero-order valence-electron chi connectivity index (χ0n) is 30.1. The van der Waals surface area contributed by atoms with Crippen LogP contribution in [0.25, 0.3) is 0 Å². The van der Waals surface area contributed by atoms with E-state index in [1.807, 2.05) is 0 Å². The Bertz CT molecular complexity index is 1180. The summed E-state index contributed by atoms with van der Waals surface area (Å²) in [5.74, 6) is -4.22. The van der Waals surface area contributed by atoms with E-state index in [9.17, 15) is 29.7 Å². The fourth-order valence-electron chi connectivity index (χ4n) is 7.18. The maximum absolute atomic E-state index is 13.2. The molecule has 13 heteroatoms. The lowest BCUT2D eigenvalue weighted by Crippen LogP contribution is -2.62. The first kappa shape index (κ1) is 40.4. The van der Waals surface area contributed by atoms with E-state index in [1.54, 1.807) is 26.0 Å². The molecule has 0 spiro atoms. The first-order valence-electron chi connectivity index (χ1n) is 18.3. The molecule has 3 fully saturated rings. The monoisotopic (exact) mass is 710 g/mol. The van der Waals surface area contributed by atoms with E-state index in [1.165, 1.54) is 13.2 Å². The largest absolute Gasteiger partial charge is 0.466 e. The van der Waals surface area contributed by atoms with Crippen molar-refractivity contribution in [2.24, 2.45) is 5.41 Å². The topological polar surface area (TPSA) is 177 Å². The van der Waals surface area contributed by atoms with Gasteiger partial charge in [-0.15, -0.1) is 0 Å². The van der Waals surface area contributed by atoms with Crippen LogP contribution >= 0.6 is 0 Å². The van der Waals surface area contributed by atoms with Gasteiger partial charge in [-0.05, 0) is 43.8 Å². The zero-order valence-corrected chi connectivity index (χ0v) is 30.1. The maximum Gasteiger partial charge on any atom is 0.330 e. The molecule has 3 saturated heterocycles. The average molecular weight is 711 g/mol. The van der Waals surface area contributed by atoms with Gasteiger partial charge in [-0.1, -0.05) is 52.5 Å².